The summed E-state index contributed by atoms with van der Waals surface area (Å²) in [7, 11) is -3.53. The summed E-state index contributed by atoms with van der Waals surface area (Å²) in [6.45, 7) is 3.38. The Hall–Kier alpha value is -0.270. The van der Waals surface area contributed by atoms with Gasteiger partial charge in [-0.1, -0.05) is 24.6 Å². The van der Waals surface area contributed by atoms with Crippen molar-refractivity contribution in [3.63, 3.8) is 0 Å². The molecule has 0 aromatic heterocycles. The molecule has 1 atom stereocenters. The fourth-order valence-corrected chi connectivity index (χ4v) is 5.29. The molecular formula is C12H17ClN2O2S2. The lowest BCUT2D eigenvalue weighted by Gasteiger charge is -2.30. The van der Waals surface area contributed by atoms with Gasteiger partial charge in [0.25, 0.3) is 0 Å². The summed E-state index contributed by atoms with van der Waals surface area (Å²) in [5, 5.41) is 0.558. The molecule has 0 aliphatic carbocycles. The van der Waals surface area contributed by atoms with E-state index >= 15 is 0 Å². The minimum Gasteiger partial charge on any atom is -0.326 e. The molecule has 2 N–H and O–H groups in total. The molecule has 1 unspecified atom stereocenters. The summed E-state index contributed by atoms with van der Waals surface area (Å²) in [4.78, 5) is 0.163. The number of hydrogen-bond acceptors (Lipinski definition) is 4. The van der Waals surface area contributed by atoms with Crippen molar-refractivity contribution in [3.8, 4) is 0 Å². The zero-order valence-corrected chi connectivity index (χ0v) is 13.1. The first kappa shape index (κ1) is 15.1. The highest BCUT2D eigenvalue weighted by Gasteiger charge is 2.30. The van der Waals surface area contributed by atoms with E-state index in [1.165, 1.54) is 4.31 Å². The molecule has 0 radical (unpaired) electrons. The molecule has 1 saturated heterocycles. The van der Waals surface area contributed by atoms with Crippen LogP contribution in [0.25, 0.3) is 0 Å². The number of nitrogens with zero attached hydrogens (tertiary/aromatic N) is 1. The van der Waals surface area contributed by atoms with E-state index in [1.807, 2.05) is 6.92 Å². The topological polar surface area (TPSA) is 63.4 Å². The summed E-state index contributed by atoms with van der Waals surface area (Å²) in [5.74, 6) is 0.814. The summed E-state index contributed by atoms with van der Waals surface area (Å²) >= 11 is 7.83. The van der Waals surface area contributed by atoms with Crippen LogP contribution in [0.1, 0.15) is 12.5 Å². The second-order valence-corrected chi connectivity index (χ2v) is 8.37. The highest BCUT2D eigenvalue weighted by molar-refractivity contribution is 8.00. The van der Waals surface area contributed by atoms with E-state index in [0.717, 1.165) is 11.3 Å². The molecule has 106 valence electrons. The Kier molecular flexibility index (Phi) is 4.79. The maximum atomic E-state index is 12.6. The SMILES string of the molecule is CC1CN(S(=O)(=O)c2cc(CN)ccc2Cl)CCS1. The maximum Gasteiger partial charge on any atom is 0.244 e. The van der Waals surface area contributed by atoms with Crippen LogP contribution in [0.15, 0.2) is 23.1 Å². The molecule has 1 aliphatic rings. The van der Waals surface area contributed by atoms with Gasteiger partial charge in [-0.2, -0.15) is 16.1 Å². The van der Waals surface area contributed by atoms with E-state index in [4.69, 9.17) is 17.3 Å². The fraction of sp³-hybridized carbons (Fsp3) is 0.500. The molecule has 19 heavy (non-hydrogen) atoms. The maximum absolute atomic E-state index is 12.6. The molecule has 1 aliphatic heterocycles. The highest BCUT2D eigenvalue weighted by Crippen LogP contribution is 2.29. The molecule has 0 spiro atoms. The van der Waals surface area contributed by atoms with E-state index < -0.39 is 10.0 Å². The average Bonchev–Trinajstić information content (AvgIpc) is 2.39. The predicted octanol–water partition coefficient (Wildman–Crippen LogP) is 1.92. The number of sulfonamides is 1. The molecule has 1 heterocycles. The number of hydrogen-bond donors (Lipinski definition) is 1. The van der Waals surface area contributed by atoms with Crippen LogP contribution >= 0.6 is 23.4 Å². The van der Waals surface area contributed by atoms with Crippen molar-refractivity contribution in [2.24, 2.45) is 5.73 Å². The van der Waals surface area contributed by atoms with Crippen molar-refractivity contribution < 1.29 is 8.42 Å². The average molecular weight is 321 g/mol. The van der Waals surface area contributed by atoms with Crippen LogP contribution in [0.5, 0.6) is 0 Å². The van der Waals surface area contributed by atoms with Crippen LogP contribution in [-0.2, 0) is 16.6 Å². The van der Waals surface area contributed by atoms with Crippen molar-refractivity contribution in [1.29, 1.82) is 0 Å². The molecular weight excluding hydrogens is 304 g/mol. The van der Waals surface area contributed by atoms with E-state index in [2.05, 4.69) is 0 Å². The van der Waals surface area contributed by atoms with Gasteiger partial charge in [-0.3, -0.25) is 0 Å². The van der Waals surface area contributed by atoms with Gasteiger partial charge in [0.2, 0.25) is 10.0 Å². The Morgan fingerprint density at radius 2 is 2.26 bits per heavy atom. The first-order chi connectivity index (χ1) is 8.95. The van der Waals surface area contributed by atoms with Crippen molar-refractivity contribution in [3.05, 3.63) is 28.8 Å². The van der Waals surface area contributed by atoms with Gasteiger partial charge in [-0.05, 0) is 17.7 Å². The molecule has 1 fully saturated rings. The lowest BCUT2D eigenvalue weighted by atomic mass is 10.2. The van der Waals surface area contributed by atoms with E-state index in [9.17, 15) is 8.42 Å². The third-order valence-corrected chi connectivity index (χ3v) is 6.54. The van der Waals surface area contributed by atoms with Gasteiger partial charge in [-0.15, -0.1) is 0 Å². The smallest absolute Gasteiger partial charge is 0.244 e. The number of benzene rings is 1. The van der Waals surface area contributed by atoms with E-state index in [1.54, 1.807) is 30.0 Å². The minimum atomic E-state index is -3.53. The standard InChI is InChI=1S/C12H17ClN2O2S2/c1-9-8-15(4-5-18-9)19(16,17)12-6-10(7-14)2-3-11(12)13/h2-3,6,9H,4-5,7-8,14H2,1H3. The van der Waals surface area contributed by atoms with Gasteiger partial charge >= 0.3 is 0 Å². The third kappa shape index (κ3) is 3.25. The first-order valence-corrected chi connectivity index (χ1v) is 8.92. The van der Waals surface area contributed by atoms with Crippen LogP contribution < -0.4 is 5.73 Å². The molecule has 0 saturated carbocycles. The van der Waals surface area contributed by atoms with Gasteiger partial charge in [0.05, 0.1) is 5.02 Å². The molecule has 1 aromatic rings. The van der Waals surface area contributed by atoms with Crippen LogP contribution in [0.2, 0.25) is 5.02 Å². The van der Waals surface area contributed by atoms with Gasteiger partial charge in [0, 0.05) is 30.6 Å². The predicted molar refractivity (Wildman–Crippen MR) is 80.0 cm³/mol. The van der Waals surface area contributed by atoms with Crippen molar-refractivity contribution in [1.82, 2.24) is 4.31 Å². The molecule has 4 nitrogen and oxygen atoms in total. The van der Waals surface area contributed by atoms with Crippen molar-refractivity contribution in [2.45, 2.75) is 23.6 Å². The second-order valence-electron chi connectivity index (χ2n) is 4.51. The summed E-state index contributed by atoms with van der Waals surface area (Å²) in [6.07, 6.45) is 0. The zero-order chi connectivity index (χ0) is 14.0. The summed E-state index contributed by atoms with van der Waals surface area (Å²) < 4.78 is 26.7. The fourth-order valence-electron chi connectivity index (χ4n) is 2.02. The monoisotopic (exact) mass is 320 g/mol. The van der Waals surface area contributed by atoms with Gasteiger partial charge in [0.1, 0.15) is 4.90 Å². The van der Waals surface area contributed by atoms with Crippen LogP contribution in [0, 0.1) is 0 Å². The Morgan fingerprint density at radius 1 is 1.53 bits per heavy atom. The summed E-state index contributed by atoms with van der Waals surface area (Å²) in [6, 6.07) is 4.92. The second kappa shape index (κ2) is 6.01. The number of nitrogens with two attached hydrogens (primary N) is 1. The van der Waals surface area contributed by atoms with Gasteiger partial charge in [0.15, 0.2) is 0 Å². The van der Waals surface area contributed by atoms with Gasteiger partial charge in [-0.25, -0.2) is 8.42 Å². The normalized spacial score (nSPS) is 21.5. The first-order valence-electron chi connectivity index (χ1n) is 6.05. The minimum absolute atomic E-state index is 0.163. The van der Waals surface area contributed by atoms with E-state index in [-0.39, 0.29) is 9.92 Å². The van der Waals surface area contributed by atoms with Gasteiger partial charge < -0.3 is 5.73 Å². The van der Waals surface area contributed by atoms with Crippen molar-refractivity contribution in [2.75, 3.05) is 18.8 Å². The Balaban J connectivity index is 2.38. The van der Waals surface area contributed by atoms with Crippen LogP contribution in [0.3, 0.4) is 0 Å². The van der Waals surface area contributed by atoms with Crippen LogP contribution in [0.4, 0.5) is 0 Å². The lowest BCUT2D eigenvalue weighted by Crippen LogP contribution is -2.41. The molecule has 2 rings (SSSR count). The number of rotatable bonds is 3. The quantitative estimate of drug-likeness (QED) is 0.924. The number of halogens is 1. The molecule has 0 bridgehead atoms. The van der Waals surface area contributed by atoms with E-state index in [0.29, 0.717) is 24.9 Å². The lowest BCUT2D eigenvalue weighted by molar-refractivity contribution is 0.424. The Morgan fingerprint density at radius 3 is 2.89 bits per heavy atom. The highest BCUT2D eigenvalue weighted by atomic mass is 35.5. The summed E-state index contributed by atoms with van der Waals surface area (Å²) in [5.41, 5.74) is 6.32. The molecule has 1 aromatic carbocycles. The molecule has 7 heteroatoms. The molecule has 0 amide bonds. The Labute approximate surface area is 123 Å². The van der Waals surface area contributed by atoms with Crippen molar-refractivity contribution >= 4 is 33.4 Å². The van der Waals surface area contributed by atoms with Crippen LogP contribution in [-0.4, -0.2) is 36.8 Å². The number of thioether (sulfide) groups is 1. The zero-order valence-electron chi connectivity index (χ0n) is 10.7. The Bertz CT molecular complexity index is 563. The third-order valence-electron chi connectivity index (χ3n) is 3.05. The largest absolute Gasteiger partial charge is 0.326 e.